The van der Waals surface area contributed by atoms with Crippen LogP contribution in [0.1, 0.15) is 39.7 Å². The first-order valence-electron chi connectivity index (χ1n) is 7.05. The largest absolute Gasteiger partial charge is 0.507 e. The van der Waals surface area contributed by atoms with Gasteiger partial charge in [0.15, 0.2) is 0 Å². The standard InChI is InChI=1S/C17H18N2O4/c1-9-5-6-13(7-10(9)2)16(21)19-18-12(4)15-14(20)8-11(3)23-17(15)22/h5-8,20H,1-4H3,(H,19,21). The number of amides is 1. The Morgan fingerprint density at radius 3 is 2.48 bits per heavy atom. The fourth-order valence-electron chi connectivity index (χ4n) is 2.07. The Balaban J connectivity index is 2.24. The molecule has 6 nitrogen and oxygen atoms in total. The van der Waals surface area contributed by atoms with Gasteiger partial charge in [-0.3, -0.25) is 4.79 Å². The van der Waals surface area contributed by atoms with Crippen LogP contribution in [0.15, 0.2) is 38.6 Å². The van der Waals surface area contributed by atoms with Gasteiger partial charge in [0.25, 0.3) is 5.91 Å². The molecule has 0 atom stereocenters. The summed E-state index contributed by atoms with van der Waals surface area (Å²) in [5.41, 5.74) is 4.30. The van der Waals surface area contributed by atoms with E-state index in [1.165, 1.54) is 13.0 Å². The van der Waals surface area contributed by atoms with Crippen molar-refractivity contribution < 1.29 is 14.3 Å². The number of rotatable bonds is 3. The second-order valence-electron chi connectivity index (χ2n) is 5.34. The lowest BCUT2D eigenvalue weighted by atomic mass is 10.1. The minimum atomic E-state index is -0.704. The number of nitrogens with zero attached hydrogens (tertiary/aromatic N) is 1. The molecule has 0 unspecified atom stereocenters. The highest BCUT2D eigenvalue weighted by Crippen LogP contribution is 2.15. The van der Waals surface area contributed by atoms with Gasteiger partial charge in [-0.2, -0.15) is 5.10 Å². The van der Waals surface area contributed by atoms with Crippen molar-refractivity contribution in [2.24, 2.45) is 5.10 Å². The summed E-state index contributed by atoms with van der Waals surface area (Å²) in [4.78, 5) is 23.9. The van der Waals surface area contributed by atoms with Crippen LogP contribution < -0.4 is 11.1 Å². The summed E-state index contributed by atoms with van der Waals surface area (Å²) in [6, 6.07) is 6.62. The summed E-state index contributed by atoms with van der Waals surface area (Å²) in [5.74, 6) is -0.341. The maximum absolute atomic E-state index is 12.1. The molecular weight excluding hydrogens is 296 g/mol. The molecule has 0 bridgehead atoms. The normalized spacial score (nSPS) is 11.4. The smallest absolute Gasteiger partial charge is 0.348 e. The quantitative estimate of drug-likeness (QED) is 0.672. The first-order valence-corrected chi connectivity index (χ1v) is 7.05. The molecule has 0 radical (unpaired) electrons. The lowest BCUT2D eigenvalue weighted by Gasteiger charge is -2.06. The van der Waals surface area contributed by atoms with E-state index >= 15 is 0 Å². The molecule has 120 valence electrons. The molecule has 2 rings (SSSR count). The number of hydrogen-bond donors (Lipinski definition) is 2. The number of nitrogens with one attached hydrogen (secondary N) is 1. The highest BCUT2D eigenvalue weighted by atomic mass is 16.4. The van der Waals surface area contributed by atoms with Crippen LogP contribution in [0.2, 0.25) is 0 Å². The van der Waals surface area contributed by atoms with Gasteiger partial charge in [-0.15, -0.1) is 0 Å². The van der Waals surface area contributed by atoms with Crippen LogP contribution in [0.5, 0.6) is 5.75 Å². The molecule has 0 aliphatic rings. The van der Waals surface area contributed by atoms with Crippen LogP contribution in [0.25, 0.3) is 0 Å². The van der Waals surface area contributed by atoms with Gasteiger partial charge < -0.3 is 9.52 Å². The fraction of sp³-hybridized carbons (Fsp3) is 0.235. The van der Waals surface area contributed by atoms with E-state index in [9.17, 15) is 14.7 Å². The predicted octanol–water partition coefficient (Wildman–Crippen LogP) is 2.42. The molecule has 1 aromatic heterocycles. The Bertz CT molecular complexity index is 850. The van der Waals surface area contributed by atoms with Crippen molar-refractivity contribution in [3.05, 3.63) is 62.7 Å². The number of aromatic hydroxyl groups is 1. The molecule has 2 aromatic rings. The van der Waals surface area contributed by atoms with Crippen molar-refractivity contribution >= 4 is 11.6 Å². The topological polar surface area (TPSA) is 91.9 Å². The van der Waals surface area contributed by atoms with Crippen molar-refractivity contribution in [1.82, 2.24) is 5.43 Å². The van der Waals surface area contributed by atoms with E-state index in [1.807, 2.05) is 19.9 Å². The van der Waals surface area contributed by atoms with Gasteiger partial charge >= 0.3 is 5.63 Å². The van der Waals surface area contributed by atoms with E-state index in [0.717, 1.165) is 11.1 Å². The maximum atomic E-state index is 12.1. The molecular formula is C17H18N2O4. The predicted molar refractivity (Wildman–Crippen MR) is 87.0 cm³/mol. The zero-order chi connectivity index (χ0) is 17.1. The van der Waals surface area contributed by atoms with Gasteiger partial charge in [-0.05, 0) is 51.0 Å². The number of carbonyl (C=O) groups excluding carboxylic acids is 1. The third-order valence-corrected chi connectivity index (χ3v) is 3.51. The third kappa shape index (κ3) is 3.66. The maximum Gasteiger partial charge on any atom is 0.348 e. The van der Waals surface area contributed by atoms with Crippen LogP contribution >= 0.6 is 0 Å². The average Bonchev–Trinajstić information content (AvgIpc) is 2.46. The van der Waals surface area contributed by atoms with E-state index in [-0.39, 0.29) is 17.0 Å². The van der Waals surface area contributed by atoms with Crippen LogP contribution in [0.3, 0.4) is 0 Å². The second kappa shape index (κ2) is 6.48. The van der Waals surface area contributed by atoms with Crippen LogP contribution in [-0.2, 0) is 0 Å². The monoisotopic (exact) mass is 314 g/mol. The molecule has 23 heavy (non-hydrogen) atoms. The molecule has 0 saturated heterocycles. The molecule has 2 N–H and O–H groups in total. The lowest BCUT2D eigenvalue weighted by Crippen LogP contribution is -2.21. The fourth-order valence-corrected chi connectivity index (χ4v) is 2.07. The summed E-state index contributed by atoms with van der Waals surface area (Å²) in [5, 5.41) is 13.7. The number of hydrazone groups is 1. The molecule has 1 heterocycles. The summed E-state index contributed by atoms with van der Waals surface area (Å²) < 4.78 is 4.92. The van der Waals surface area contributed by atoms with Crippen LogP contribution in [0.4, 0.5) is 0 Å². The first kappa shape index (κ1) is 16.5. The van der Waals surface area contributed by atoms with E-state index < -0.39 is 11.5 Å². The Labute approximate surface area is 133 Å². The van der Waals surface area contributed by atoms with Crippen molar-refractivity contribution in [3.63, 3.8) is 0 Å². The minimum absolute atomic E-state index is 0.0732. The zero-order valence-corrected chi connectivity index (χ0v) is 13.4. The van der Waals surface area contributed by atoms with E-state index in [1.54, 1.807) is 19.1 Å². The Kier molecular flexibility index (Phi) is 4.64. The highest BCUT2D eigenvalue weighted by Gasteiger charge is 2.14. The zero-order valence-electron chi connectivity index (χ0n) is 13.4. The van der Waals surface area contributed by atoms with E-state index in [0.29, 0.717) is 11.3 Å². The Morgan fingerprint density at radius 2 is 1.87 bits per heavy atom. The van der Waals surface area contributed by atoms with Gasteiger partial charge in [0.1, 0.15) is 17.1 Å². The van der Waals surface area contributed by atoms with Gasteiger partial charge in [-0.1, -0.05) is 6.07 Å². The van der Waals surface area contributed by atoms with E-state index in [4.69, 9.17) is 4.42 Å². The molecule has 0 aliphatic carbocycles. The molecule has 0 spiro atoms. The molecule has 6 heteroatoms. The van der Waals surface area contributed by atoms with Crippen molar-refractivity contribution in [3.8, 4) is 5.75 Å². The SMILES string of the molecule is CC(=NNC(=O)c1ccc(C)c(C)c1)c1c(O)cc(C)oc1=O. The van der Waals surface area contributed by atoms with E-state index in [2.05, 4.69) is 10.5 Å². The van der Waals surface area contributed by atoms with Crippen LogP contribution in [-0.4, -0.2) is 16.7 Å². The molecule has 1 aromatic carbocycles. The molecule has 0 fully saturated rings. The van der Waals surface area contributed by atoms with Gasteiger partial charge in [-0.25, -0.2) is 10.2 Å². The molecule has 0 saturated carbocycles. The highest BCUT2D eigenvalue weighted by molar-refractivity contribution is 6.02. The number of carbonyl (C=O) groups is 1. The van der Waals surface area contributed by atoms with Crippen molar-refractivity contribution in [2.45, 2.75) is 27.7 Å². The summed E-state index contributed by atoms with van der Waals surface area (Å²) >= 11 is 0. The van der Waals surface area contributed by atoms with Gasteiger partial charge in [0.05, 0.1) is 5.71 Å². The number of benzene rings is 1. The Hall–Kier alpha value is -2.89. The molecule has 0 aliphatic heterocycles. The summed E-state index contributed by atoms with van der Waals surface area (Å²) in [6.45, 7) is 6.93. The minimum Gasteiger partial charge on any atom is -0.507 e. The third-order valence-electron chi connectivity index (χ3n) is 3.51. The van der Waals surface area contributed by atoms with Crippen molar-refractivity contribution in [1.29, 1.82) is 0 Å². The van der Waals surface area contributed by atoms with Crippen LogP contribution in [0, 0.1) is 20.8 Å². The Morgan fingerprint density at radius 1 is 1.17 bits per heavy atom. The second-order valence-corrected chi connectivity index (χ2v) is 5.34. The number of aryl methyl sites for hydroxylation is 3. The summed E-state index contributed by atoms with van der Waals surface area (Å²) in [6.07, 6.45) is 0. The summed E-state index contributed by atoms with van der Waals surface area (Å²) in [7, 11) is 0. The lowest BCUT2D eigenvalue weighted by molar-refractivity contribution is 0.0954. The molecule has 1 amide bonds. The van der Waals surface area contributed by atoms with Gasteiger partial charge in [0, 0.05) is 11.6 Å². The first-order chi connectivity index (χ1) is 10.8. The number of hydrogen-bond acceptors (Lipinski definition) is 5. The average molecular weight is 314 g/mol. The van der Waals surface area contributed by atoms with Crippen molar-refractivity contribution in [2.75, 3.05) is 0 Å². The van der Waals surface area contributed by atoms with Gasteiger partial charge in [0.2, 0.25) is 0 Å².